The van der Waals surface area contributed by atoms with E-state index >= 15 is 0 Å². The number of esters is 1. The number of aromatic nitrogens is 1. The van der Waals surface area contributed by atoms with Crippen molar-refractivity contribution in [2.24, 2.45) is 11.5 Å². The van der Waals surface area contributed by atoms with Crippen LogP contribution in [0.4, 0.5) is 10.6 Å². The highest BCUT2D eigenvalue weighted by atomic mass is 16.5. The van der Waals surface area contributed by atoms with Crippen LogP contribution in [0.15, 0.2) is 30.3 Å². The van der Waals surface area contributed by atoms with Gasteiger partial charge in [-0.25, -0.2) is 4.79 Å². The summed E-state index contributed by atoms with van der Waals surface area (Å²) in [5.74, 6) is -0.326. The van der Waals surface area contributed by atoms with Gasteiger partial charge in [-0.3, -0.25) is 14.9 Å². The van der Waals surface area contributed by atoms with Crippen molar-refractivity contribution in [2.45, 2.75) is 19.8 Å². The molecule has 0 saturated heterocycles. The van der Waals surface area contributed by atoms with E-state index in [4.69, 9.17) is 20.9 Å². The monoisotopic (exact) mass is 374 g/mol. The van der Waals surface area contributed by atoms with Crippen LogP contribution in [0, 0.1) is 0 Å². The lowest BCUT2D eigenvalue weighted by molar-refractivity contribution is -0.143. The number of ether oxygens (including phenoxy) is 2. The van der Waals surface area contributed by atoms with Gasteiger partial charge in [0.1, 0.15) is 11.6 Å². The second kappa shape index (κ2) is 9.27. The Bertz CT molecular complexity index is 831. The average Bonchev–Trinajstić information content (AvgIpc) is 3.02. The molecule has 3 amide bonds. The molecule has 0 aliphatic carbocycles. The molecule has 1 aromatic carbocycles. The number of rotatable bonds is 9. The van der Waals surface area contributed by atoms with Crippen LogP contribution < -0.4 is 21.5 Å². The maximum atomic E-state index is 11.6. The van der Waals surface area contributed by atoms with E-state index in [0.29, 0.717) is 36.6 Å². The van der Waals surface area contributed by atoms with Crippen LogP contribution >= 0.6 is 0 Å². The number of nitrogens with one attached hydrogen (secondary N) is 2. The van der Waals surface area contributed by atoms with Crippen molar-refractivity contribution in [3.8, 4) is 17.0 Å². The summed E-state index contributed by atoms with van der Waals surface area (Å²) in [6.45, 7) is 2.41. The summed E-state index contributed by atoms with van der Waals surface area (Å²) in [7, 11) is 0. The van der Waals surface area contributed by atoms with Gasteiger partial charge < -0.3 is 25.9 Å². The van der Waals surface area contributed by atoms with Crippen LogP contribution in [0.3, 0.4) is 0 Å². The Morgan fingerprint density at radius 1 is 1.19 bits per heavy atom. The van der Waals surface area contributed by atoms with Crippen LogP contribution in [-0.4, -0.2) is 36.1 Å². The van der Waals surface area contributed by atoms with E-state index < -0.39 is 11.9 Å². The molecule has 0 aliphatic rings. The minimum absolute atomic E-state index is 0.0981. The average molecular weight is 374 g/mol. The predicted octanol–water partition coefficient (Wildman–Crippen LogP) is 1.99. The highest BCUT2D eigenvalue weighted by Gasteiger charge is 2.17. The number of hydrogen-bond acceptors (Lipinski definition) is 5. The summed E-state index contributed by atoms with van der Waals surface area (Å²) < 4.78 is 10.6. The molecule has 0 atom stereocenters. The van der Waals surface area contributed by atoms with Gasteiger partial charge in [0.2, 0.25) is 0 Å². The van der Waals surface area contributed by atoms with E-state index in [9.17, 15) is 14.4 Å². The molecule has 0 unspecified atom stereocenters. The van der Waals surface area contributed by atoms with Gasteiger partial charge in [0.05, 0.1) is 24.5 Å². The molecule has 0 saturated carbocycles. The number of nitrogens with two attached hydrogens (primary N) is 2. The number of carbonyl (C=O) groups is 3. The summed E-state index contributed by atoms with van der Waals surface area (Å²) in [5, 5.41) is 2.33. The van der Waals surface area contributed by atoms with Gasteiger partial charge >= 0.3 is 12.0 Å². The maximum absolute atomic E-state index is 11.6. The van der Waals surface area contributed by atoms with Crippen LogP contribution in [-0.2, 0) is 9.53 Å². The third-order valence-electron chi connectivity index (χ3n) is 3.60. The third kappa shape index (κ3) is 5.50. The third-order valence-corrected chi connectivity index (χ3v) is 3.60. The number of benzene rings is 1. The van der Waals surface area contributed by atoms with E-state index in [1.54, 1.807) is 31.2 Å². The van der Waals surface area contributed by atoms with Gasteiger partial charge in [-0.1, -0.05) is 12.1 Å². The molecule has 27 heavy (non-hydrogen) atoms. The Morgan fingerprint density at radius 3 is 2.59 bits per heavy atom. The molecule has 144 valence electrons. The van der Waals surface area contributed by atoms with Gasteiger partial charge in [0, 0.05) is 12.0 Å². The molecule has 0 aliphatic heterocycles. The molecule has 0 spiro atoms. The highest BCUT2D eigenvalue weighted by molar-refractivity contribution is 6.03. The lowest BCUT2D eigenvalue weighted by Crippen LogP contribution is -2.22. The molecule has 0 radical (unpaired) electrons. The number of hydrogen-bond donors (Lipinski definition) is 4. The normalized spacial score (nSPS) is 10.3. The number of para-hydroxylation sites is 1. The first-order chi connectivity index (χ1) is 12.9. The first-order valence-electron chi connectivity index (χ1n) is 8.39. The number of anilines is 1. The van der Waals surface area contributed by atoms with Gasteiger partial charge in [0.15, 0.2) is 0 Å². The van der Waals surface area contributed by atoms with Crippen LogP contribution in [0.25, 0.3) is 11.3 Å². The zero-order valence-electron chi connectivity index (χ0n) is 14.9. The van der Waals surface area contributed by atoms with Crippen molar-refractivity contribution < 1.29 is 23.9 Å². The van der Waals surface area contributed by atoms with Crippen molar-refractivity contribution >= 4 is 23.7 Å². The first-order valence-corrected chi connectivity index (χ1v) is 8.39. The SMILES string of the molecule is CCOC(=O)CCCOc1ccccc1-c1cc(C(N)=O)c(NC(N)=O)[nH]1. The Labute approximate surface area is 156 Å². The largest absolute Gasteiger partial charge is 0.493 e. The van der Waals surface area contributed by atoms with Gasteiger partial charge in [-0.05, 0) is 31.5 Å². The number of aromatic amines is 1. The van der Waals surface area contributed by atoms with Crippen LogP contribution in [0.1, 0.15) is 30.1 Å². The molecular weight excluding hydrogens is 352 g/mol. The minimum Gasteiger partial charge on any atom is -0.493 e. The van der Waals surface area contributed by atoms with Crippen molar-refractivity contribution in [3.63, 3.8) is 0 Å². The topological polar surface area (TPSA) is 150 Å². The van der Waals surface area contributed by atoms with Crippen molar-refractivity contribution in [2.75, 3.05) is 18.5 Å². The van der Waals surface area contributed by atoms with E-state index in [2.05, 4.69) is 10.3 Å². The van der Waals surface area contributed by atoms with Crippen LogP contribution in [0.5, 0.6) is 5.75 Å². The van der Waals surface area contributed by atoms with E-state index in [1.807, 2.05) is 0 Å². The zero-order chi connectivity index (χ0) is 19.8. The van der Waals surface area contributed by atoms with E-state index in [-0.39, 0.29) is 23.8 Å². The minimum atomic E-state index is -0.825. The quantitative estimate of drug-likeness (QED) is 0.391. The summed E-state index contributed by atoms with van der Waals surface area (Å²) in [5.41, 5.74) is 11.7. The molecule has 0 fully saturated rings. The fourth-order valence-electron chi connectivity index (χ4n) is 2.46. The molecule has 9 heteroatoms. The van der Waals surface area contributed by atoms with E-state index in [0.717, 1.165) is 0 Å². The molecule has 9 nitrogen and oxygen atoms in total. The Kier molecular flexibility index (Phi) is 6.81. The lowest BCUT2D eigenvalue weighted by Gasteiger charge is -2.10. The number of primary amides is 2. The van der Waals surface area contributed by atoms with Gasteiger partial charge in [0.25, 0.3) is 5.91 Å². The van der Waals surface area contributed by atoms with Crippen molar-refractivity contribution in [1.82, 2.24) is 4.98 Å². The lowest BCUT2D eigenvalue weighted by atomic mass is 10.1. The summed E-state index contributed by atoms with van der Waals surface area (Å²) in [6.07, 6.45) is 0.760. The smallest absolute Gasteiger partial charge is 0.317 e. The Hall–Kier alpha value is -3.49. The number of urea groups is 1. The highest BCUT2D eigenvalue weighted by Crippen LogP contribution is 2.32. The van der Waals surface area contributed by atoms with Gasteiger partial charge in [-0.15, -0.1) is 0 Å². The van der Waals surface area contributed by atoms with E-state index in [1.165, 1.54) is 6.07 Å². The zero-order valence-corrected chi connectivity index (χ0v) is 14.9. The van der Waals surface area contributed by atoms with Crippen LogP contribution in [0.2, 0.25) is 0 Å². The maximum Gasteiger partial charge on any atom is 0.317 e. The van der Waals surface area contributed by atoms with Crippen molar-refractivity contribution in [3.05, 3.63) is 35.9 Å². The first kappa shape index (κ1) is 19.8. The number of H-pyrrole nitrogens is 1. The Balaban J connectivity index is 2.16. The number of amides is 3. The molecular formula is C18H22N4O5. The fraction of sp³-hybridized carbons (Fsp3) is 0.278. The molecule has 2 rings (SSSR count). The molecule has 6 N–H and O–H groups in total. The van der Waals surface area contributed by atoms with Gasteiger partial charge in [-0.2, -0.15) is 0 Å². The molecule has 0 bridgehead atoms. The second-order valence-corrected chi connectivity index (χ2v) is 5.58. The molecule has 1 heterocycles. The fourth-order valence-corrected chi connectivity index (χ4v) is 2.46. The standard InChI is InChI=1S/C18H22N4O5/c1-2-26-15(23)8-5-9-27-14-7-4-3-6-11(14)13-10-12(16(19)24)17(21-13)22-18(20)25/h3-4,6-7,10,21H,2,5,8-9H2,1H3,(H2,19,24)(H3,20,22,25). The Morgan fingerprint density at radius 2 is 1.93 bits per heavy atom. The van der Waals surface area contributed by atoms with Crippen molar-refractivity contribution in [1.29, 1.82) is 0 Å². The molecule has 1 aromatic heterocycles. The predicted molar refractivity (Wildman–Crippen MR) is 99.3 cm³/mol. The summed E-state index contributed by atoms with van der Waals surface area (Å²) >= 11 is 0. The summed E-state index contributed by atoms with van der Waals surface area (Å²) in [4.78, 5) is 37.0. The second-order valence-electron chi connectivity index (χ2n) is 5.58. The summed E-state index contributed by atoms with van der Waals surface area (Å²) in [6, 6.07) is 7.82. The molecule has 2 aromatic rings. The number of carbonyl (C=O) groups excluding carboxylic acids is 3.